The van der Waals surface area contributed by atoms with Gasteiger partial charge in [-0.3, -0.25) is 9.52 Å². The first-order valence-corrected chi connectivity index (χ1v) is 11.7. The van der Waals surface area contributed by atoms with E-state index in [2.05, 4.69) is 9.71 Å². The number of nitrogens with zero attached hydrogens (tertiary/aromatic N) is 1. The number of anilines is 1. The molecule has 1 aromatic carbocycles. The van der Waals surface area contributed by atoms with Gasteiger partial charge in [0.25, 0.3) is 0 Å². The second-order valence-corrected chi connectivity index (χ2v) is 9.43. The van der Waals surface area contributed by atoms with Gasteiger partial charge < -0.3 is 4.74 Å². The number of hydrogen-bond donors (Lipinski definition) is 1. The zero-order valence-electron chi connectivity index (χ0n) is 14.9. The number of aromatic nitrogens is 1. The molecule has 10 heteroatoms. The van der Waals surface area contributed by atoms with Gasteiger partial charge in [-0.1, -0.05) is 6.07 Å². The molecule has 0 spiro atoms. The van der Waals surface area contributed by atoms with Crippen LogP contribution in [0.4, 0.5) is 5.69 Å². The van der Waals surface area contributed by atoms with Crippen LogP contribution in [0.5, 0.6) is 0 Å². The number of ketones is 1. The maximum atomic E-state index is 12.5. The normalized spacial score (nSPS) is 12.4. The summed E-state index contributed by atoms with van der Waals surface area (Å²) in [4.78, 5) is 30.0. The Morgan fingerprint density at radius 2 is 1.86 bits per heavy atom. The molecule has 0 bridgehead atoms. The highest BCUT2D eigenvalue weighted by molar-refractivity contribution is 7.92. The van der Waals surface area contributed by atoms with Gasteiger partial charge in [-0.05, 0) is 42.6 Å². The molecule has 0 aliphatic heterocycles. The number of carbonyl (C=O) groups is 2. The average Bonchev–Trinajstić information content (AvgIpc) is 3.31. The fourth-order valence-corrected chi connectivity index (χ4v) is 4.47. The minimum absolute atomic E-state index is 0.153. The zero-order chi connectivity index (χ0) is 20.3. The molecular weight excluding hydrogens is 420 g/mol. The highest BCUT2D eigenvalue weighted by Crippen LogP contribution is 2.28. The summed E-state index contributed by atoms with van der Waals surface area (Å²) in [6, 6.07) is 9.69. The molecule has 7 nitrogen and oxygen atoms in total. The number of Topliss-reactive ketones (excluding diaryl/α,β-unsaturated/α-hetero) is 1. The maximum absolute atomic E-state index is 12.5. The van der Waals surface area contributed by atoms with Gasteiger partial charge in [-0.25, -0.2) is 18.2 Å². The lowest BCUT2D eigenvalue weighted by Gasteiger charge is -2.12. The third-order valence-corrected chi connectivity index (χ3v) is 6.06. The molecule has 1 atom stereocenters. The quantitative estimate of drug-likeness (QED) is 0.448. The van der Waals surface area contributed by atoms with Gasteiger partial charge >= 0.3 is 5.97 Å². The molecule has 0 saturated heterocycles. The first-order valence-electron chi connectivity index (χ1n) is 8.05. The van der Waals surface area contributed by atoms with Gasteiger partial charge in [0, 0.05) is 16.6 Å². The largest absolute Gasteiger partial charge is 0.450 e. The van der Waals surface area contributed by atoms with Crippen LogP contribution in [0.2, 0.25) is 0 Å². The summed E-state index contributed by atoms with van der Waals surface area (Å²) in [5.74, 6) is -1.07. The molecule has 0 aliphatic carbocycles. The van der Waals surface area contributed by atoms with E-state index in [-0.39, 0.29) is 5.69 Å². The Morgan fingerprint density at radius 1 is 1.14 bits per heavy atom. The third kappa shape index (κ3) is 5.03. The van der Waals surface area contributed by atoms with Gasteiger partial charge in [0.2, 0.25) is 15.8 Å². The summed E-state index contributed by atoms with van der Waals surface area (Å²) in [5, 5.41) is 4.24. The molecule has 1 unspecified atom stereocenters. The molecule has 3 rings (SSSR count). The van der Waals surface area contributed by atoms with Crippen molar-refractivity contribution >= 4 is 50.1 Å². The summed E-state index contributed by atoms with van der Waals surface area (Å²) in [6.07, 6.45) is 0.0312. The van der Waals surface area contributed by atoms with Crippen LogP contribution in [0.25, 0.3) is 9.88 Å². The van der Waals surface area contributed by atoms with Crippen molar-refractivity contribution in [3.05, 3.63) is 58.4 Å². The van der Waals surface area contributed by atoms with Crippen molar-refractivity contribution in [2.45, 2.75) is 13.0 Å². The molecule has 0 amide bonds. The molecule has 0 saturated carbocycles. The fraction of sp³-hybridized carbons (Fsp3) is 0.167. The Morgan fingerprint density at radius 3 is 2.46 bits per heavy atom. The van der Waals surface area contributed by atoms with Gasteiger partial charge in [-0.15, -0.1) is 22.7 Å². The van der Waals surface area contributed by atoms with Crippen molar-refractivity contribution < 1.29 is 22.7 Å². The van der Waals surface area contributed by atoms with Crippen molar-refractivity contribution in [2.75, 3.05) is 11.0 Å². The third-order valence-electron chi connectivity index (χ3n) is 3.57. The number of rotatable bonds is 7. The number of esters is 1. The molecule has 146 valence electrons. The number of hydrogen-bond acceptors (Lipinski definition) is 8. The summed E-state index contributed by atoms with van der Waals surface area (Å²) in [5.41, 5.74) is 0.796. The van der Waals surface area contributed by atoms with Crippen molar-refractivity contribution in [1.29, 1.82) is 0 Å². The highest BCUT2D eigenvalue weighted by Gasteiger charge is 2.22. The van der Waals surface area contributed by atoms with Gasteiger partial charge in [0.1, 0.15) is 5.01 Å². The van der Waals surface area contributed by atoms with Crippen molar-refractivity contribution in [2.24, 2.45) is 0 Å². The minimum Gasteiger partial charge on any atom is -0.450 e. The minimum atomic E-state index is -3.40. The number of benzene rings is 1. The molecule has 0 radical (unpaired) electrons. The van der Waals surface area contributed by atoms with Crippen LogP contribution in [0.3, 0.4) is 0 Å². The Hall–Kier alpha value is -2.56. The molecule has 1 N–H and O–H groups in total. The number of sulfonamides is 1. The first-order chi connectivity index (χ1) is 13.2. The molecule has 28 heavy (non-hydrogen) atoms. The number of ether oxygens (including phenoxy) is 1. The lowest BCUT2D eigenvalue weighted by Crippen LogP contribution is -2.24. The number of thiazole rings is 1. The van der Waals surface area contributed by atoms with E-state index in [1.54, 1.807) is 5.38 Å². The Bertz CT molecular complexity index is 1090. The second-order valence-electron chi connectivity index (χ2n) is 5.88. The number of carbonyl (C=O) groups excluding carboxylic acids is 2. The molecule has 2 aromatic heterocycles. The van der Waals surface area contributed by atoms with Crippen LogP contribution >= 0.6 is 22.7 Å². The monoisotopic (exact) mass is 436 g/mol. The summed E-state index contributed by atoms with van der Waals surface area (Å²) in [6.45, 7) is 1.48. The number of thiophene rings is 1. The van der Waals surface area contributed by atoms with E-state index in [1.807, 2.05) is 17.5 Å². The number of nitrogens with one attached hydrogen (secondary N) is 1. The van der Waals surface area contributed by atoms with Crippen molar-refractivity contribution in [1.82, 2.24) is 4.98 Å². The van der Waals surface area contributed by atoms with Crippen molar-refractivity contribution in [3.63, 3.8) is 0 Å². The zero-order valence-corrected chi connectivity index (χ0v) is 17.4. The maximum Gasteiger partial charge on any atom is 0.358 e. The van der Waals surface area contributed by atoms with Gasteiger partial charge in [0.15, 0.2) is 11.8 Å². The van der Waals surface area contributed by atoms with E-state index in [0.29, 0.717) is 11.3 Å². The lowest BCUT2D eigenvalue weighted by molar-refractivity contribution is 0.0314. The van der Waals surface area contributed by atoms with E-state index < -0.39 is 27.9 Å². The van der Waals surface area contributed by atoms with E-state index in [9.17, 15) is 18.0 Å². The molecular formula is C18H16N2O5S3. The topological polar surface area (TPSA) is 102 Å². The Labute approximate surface area is 170 Å². The van der Waals surface area contributed by atoms with E-state index in [1.165, 1.54) is 53.9 Å². The SMILES string of the molecule is CC(OC(=O)c1csc(-c2cccs2)n1)C(=O)c1ccc(NS(C)(=O)=O)cc1. The van der Waals surface area contributed by atoms with Crippen LogP contribution < -0.4 is 4.72 Å². The predicted molar refractivity (Wildman–Crippen MR) is 110 cm³/mol. The molecule has 2 heterocycles. The molecule has 0 fully saturated rings. The highest BCUT2D eigenvalue weighted by atomic mass is 32.2. The smallest absolute Gasteiger partial charge is 0.358 e. The summed E-state index contributed by atoms with van der Waals surface area (Å²) >= 11 is 2.85. The van der Waals surface area contributed by atoms with Crippen LogP contribution in [0.1, 0.15) is 27.8 Å². The van der Waals surface area contributed by atoms with Crippen LogP contribution in [-0.4, -0.2) is 37.5 Å². The molecule has 0 aliphatic rings. The van der Waals surface area contributed by atoms with Crippen molar-refractivity contribution in [3.8, 4) is 9.88 Å². The second kappa shape index (κ2) is 8.21. The van der Waals surface area contributed by atoms with E-state index in [4.69, 9.17) is 4.74 Å². The summed E-state index contributed by atoms with van der Waals surface area (Å²) < 4.78 is 30.0. The van der Waals surface area contributed by atoms with E-state index >= 15 is 0 Å². The Kier molecular flexibility index (Phi) is 5.92. The summed E-state index contributed by atoms with van der Waals surface area (Å²) in [7, 11) is -3.40. The van der Waals surface area contributed by atoms with Gasteiger partial charge in [0.05, 0.1) is 11.1 Å². The van der Waals surface area contributed by atoms with Crippen LogP contribution in [-0.2, 0) is 14.8 Å². The lowest BCUT2D eigenvalue weighted by atomic mass is 10.1. The first kappa shape index (κ1) is 20.2. The Balaban J connectivity index is 1.64. The van der Waals surface area contributed by atoms with E-state index in [0.717, 1.165) is 16.1 Å². The molecule has 3 aromatic rings. The standard InChI is InChI=1S/C18H16N2O5S3/c1-11(16(21)12-5-7-13(8-6-12)20-28(2,23)24)25-18(22)14-10-27-17(19-14)15-4-3-9-26-15/h3-11,20H,1-2H3. The fourth-order valence-electron chi connectivity index (χ4n) is 2.31. The van der Waals surface area contributed by atoms with Crippen LogP contribution in [0, 0.1) is 0 Å². The van der Waals surface area contributed by atoms with Crippen LogP contribution in [0.15, 0.2) is 47.2 Å². The average molecular weight is 437 g/mol. The van der Waals surface area contributed by atoms with Gasteiger partial charge in [-0.2, -0.15) is 0 Å². The predicted octanol–water partition coefficient (Wildman–Crippen LogP) is 3.67.